The van der Waals surface area contributed by atoms with Crippen LogP contribution in [0.25, 0.3) is 0 Å². The molecular formula is C14H20NO2+. The second-order valence-electron chi connectivity index (χ2n) is 4.66. The summed E-state index contributed by atoms with van der Waals surface area (Å²) in [5.74, 6) is -0.378. The van der Waals surface area contributed by atoms with Crippen molar-refractivity contribution in [2.45, 2.75) is 19.7 Å². The molecule has 0 spiro atoms. The second-order valence-corrected chi connectivity index (χ2v) is 4.66. The number of quaternary nitrogens is 1. The summed E-state index contributed by atoms with van der Waals surface area (Å²) >= 11 is 0. The molecule has 0 aliphatic heterocycles. The van der Waals surface area contributed by atoms with Crippen molar-refractivity contribution in [3.05, 3.63) is 48.6 Å². The van der Waals surface area contributed by atoms with Crippen LogP contribution in [0.1, 0.15) is 12.5 Å². The number of hydrogen-bond acceptors (Lipinski definition) is 2. The van der Waals surface area contributed by atoms with Crippen molar-refractivity contribution in [3.63, 3.8) is 0 Å². The lowest BCUT2D eigenvalue weighted by molar-refractivity contribution is -0.945. The van der Waals surface area contributed by atoms with Crippen LogP contribution in [0.5, 0.6) is 0 Å². The average Bonchev–Trinajstić information content (AvgIpc) is 2.29. The zero-order chi connectivity index (χ0) is 12.9. The number of carbonyl (C=O) groups is 1. The summed E-state index contributed by atoms with van der Waals surface area (Å²) in [5.41, 5.74) is 1.22. The molecule has 17 heavy (non-hydrogen) atoms. The average molecular weight is 234 g/mol. The molecule has 92 valence electrons. The van der Waals surface area contributed by atoms with Gasteiger partial charge in [-0.3, -0.25) is 4.48 Å². The van der Waals surface area contributed by atoms with Gasteiger partial charge in [-0.15, -0.1) is 0 Å². The third-order valence-corrected chi connectivity index (χ3v) is 2.87. The van der Waals surface area contributed by atoms with Gasteiger partial charge in [0, 0.05) is 18.6 Å². The fourth-order valence-corrected chi connectivity index (χ4v) is 1.54. The van der Waals surface area contributed by atoms with Gasteiger partial charge in [0.05, 0.1) is 14.1 Å². The molecule has 0 saturated carbocycles. The third-order valence-electron chi connectivity index (χ3n) is 2.87. The number of rotatable bonds is 5. The quantitative estimate of drug-likeness (QED) is 0.338. The minimum absolute atomic E-state index is 0.208. The van der Waals surface area contributed by atoms with Crippen LogP contribution >= 0.6 is 0 Å². The maximum Gasteiger partial charge on any atom is 0.334 e. The number of nitrogens with zero attached hydrogens (tertiary/aromatic N) is 1. The van der Waals surface area contributed by atoms with Crippen molar-refractivity contribution in [3.8, 4) is 0 Å². The molecule has 1 atom stereocenters. The van der Waals surface area contributed by atoms with Gasteiger partial charge in [0.1, 0.15) is 6.54 Å². The first-order valence-corrected chi connectivity index (χ1v) is 5.65. The predicted octanol–water partition coefficient (Wildman–Crippen LogP) is 2.34. The molecule has 0 aromatic heterocycles. The summed E-state index contributed by atoms with van der Waals surface area (Å²) in [7, 11) is 4.07. The van der Waals surface area contributed by atoms with E-state index in [1.54, 1.807) is 0 Å². The monoisotopic (exact) mass is 234 g/mol. The second kappa shape index (κ2) is 5.64. The van der Waals surface area contributed by atoms with Gasteiger partial charge in [0.2, 0.25) is 6.23 Å². The van der Waals surface area contributed by atoms with E-state index in [2.05, 4.69) is 18.7 Å². The maximum absolute atomic E-state index is 11.2. The molecule has 3 heteroatoms. The van der Waals surface area contributed by atoms with Gasteiger partial charge in [-0.05, 0) is 0 Å². The summed E-state index contributed by atoms with van der Waals surface area (Å²) in [5, 5.41) is 0. The SMILES string of the molecule is C=CC(=O)OC(C)[N+](C)(C)Cc1ccccc1. The van der Waals surface area contributed by atoms with Gasteiger partial charge >= 0.3 is 5.97 Å². The molecule has 0 amide bonds. The lowest BCUT2D eigenvalue weighted by atomic mass is 10.2. The standard InChI is InChI=1S/C14H20NO2/c1-5-14(16)17-12(2)15(3,4)11-13-9-7-6-8-10-13/h5-10,12H,1,11H2,2-4H3/q+1. The normalized spacial score (nSPS) is 12.9. The Labute approximate surface area is 103 Å². The minimum atomic E-state index is -0.378. The van der Waals surface area contributed by atoms with E-state index >= 15 is 0 Å². The molecule has 0 radical (unpaired) electrons. The topological polar surface area (TPSA) is 26.3 Å². The van der Waals surface area contributed by atoms with Crippen LogP contribution in [0.3, 0.4) is 0 Å². The van der Waals surface area contributed by atoms with Crippen molar-refractivity contribution in [1.29, 1.82) is 0 Å². The molecule has 1 aromatic rings. The highest BCUT2D eigenvalue weighted by molar-refractivity contribution is 5.81. The van der Waals surface area contributed by atoms with E-state index in [-0.39, 0.29) is 12.2 Å². The van der Waals surface area contributed by atoms with E-state index in [0.717, 1.165) is 6.54 Å². The molecule has 1 rings (SSSR count). The minimum Gasteiger partial charge on any atom is -0.410 e. The van der Waals surface area contributed by atoms with E-state index in [9.17, 15) is 4.79 Å². The van der Waals surface area contributed by atoms with Gasteiger partial charge < -0.3 is 4.74 Å². The van der Waals surface area contributed by atoms with E-state index in [4.69, 9.17) is 4.74 Å². The number of hydrogen-bond donors (Lipinski definition) is 0. The maximum atomic E-state index is 11.2. The fraction of sp³-hybridized carbons (Fsp3) is 0.357. The first-order chi connectivity index (χ1) is 7.95. The first-order valence-electron chi connectivity index (χ1n) is 5.65. The van der Waals surface area contributed by atoms with Crippen LogP contribution in [0.2, 0.25) is 0 Å². The van der Waals surface area contributed by atoms with Crippen molar-refractivity contribution in [2.24, 2.45) is 0 Å². The van der Waals surface area contributed by atoms with Crippen LogP contribution in [0, 0.1) is 0 Å². The van der Waals surface area contributed by atoms with Gasteiger partial charge in [-0.1, -0.05) is 36.9 Å². The Kier molecular flexibility index (Phi) is 4.46. The van der Waals surface area contributed by atoms with E-state index in [0.29, 0.717) is 4.48 Å². The van der Waals surface area contributed by atoms with E-state index in [1.165, 1.54) is 11.6 Å². The molecule has 1 unspecified atom stereocenters. The summed E-state index contributed by atoms with van der Waals surface area (Å²) < 4.78 is 5.84. The molecule has 1 aromatic carbocycles. The molecule has 3 nitrogen and oxygen atoms in total. The number of ether oxygens (including phenoxy) is 1. The van der Waals surface area contributed by atoms with Crippen molar-refractivity contribution in [2.75, 3.05) is 14.1 Å². The summed E-state index contributed by atoms with van der Waals surface area (Å²) in [6.07, 6.45) is 0.986. The zero-order valence-electron chi connectivity index (χ0n) is 10.7. The van der Waals surface area contributed by atoms with Crippen LogP contribution in [0.15, 0.2) is 43.0 Å². The van der Waals surface area contributed by atoms with E-state index in [1.807, 2.05) is 39.2 Å². The Bertz CT molecular complexity index is 384. The molecular weight excluding hydrogens is 214 g/mol. The fourth-order valence-electron chi connectivity index (χ4n) is 1.54. The zero-order valence-corrected chi connectivity index (χ0v) is 10.7. The smallest absolute Gasteiger partial charge is 0.334 e. The summed E-state index contributed by atoms with van der Waals surface area (Å²) in [6, 6.07) is 10.2. The molecule has 0 aliphatic carbocycles. The summed E-state index contributed by atoms with van der Waals surface area (Å²) in [6.45, 7) is 6.10. The number of carbonyl (C=O) groups excluding carboxylic acids is 1. The highest BCUT2D eigenvalue weighted by Crippen LogP contribution is 2.14. The van der Waals surface area contributed by atoms with Crippen molar-refractivity contribution in [1.82, 2.24) is 0 Å². The number of esters is 1. The van der Waals surface area contributed by atoms with Gasteiger partial charge in [0.25, 0.3) is 0 Å². The van der Waals surface area contributed by atoms with Gasteiger partial charge in [-0.2, -0.15) is 0 Å². The summed E-state index contributed by atoms with van der Waals surface area (Å²) in [4.78, 5) is 11.2. The Balaban J connectivity index is 2.67. The largest absolute Gasteiger partial charge is 0.410 e. The Morgan fingerprint density at radius 2 is 2.00 bits per heavy atom. The predicted molar refractivity (Wildman–Crippen MR) is 68.0 cm³/mol. The number of benzene rings is 1. The highest BCUT2D eigenvalue weighted by atomic mass is 16.6. The molecule has 0 saturated heterocycles. The van der Waals surface area contributed by atoms with Crippen LogP contribution in [-0.4, -0.2) is 30.8 Å². The molecule has 0 aliphatic rings. The van der Waals surface area contributed by atoms with Crippen molar-refractivity contribution >= 4 is 5.97 Å². The Hall–Kier alpha value is -1.61. The lowest BCUT2D eigenvalue weighted by Crippen LogP contribution is -2.48. The molecule has 0 heterocycles. The molecule has 0 N–H and O–H groups in total. The van der Waals surface area contributed by atoms with Crippen molar-refractivity contribution < 1.29 is 14.0 Å². The Morgan fingerprint density at radius 1 is 1.41 bits per heavy atom. The van der Waals surface area contributed by atoms with Gasteiger partial charge in [-0.25, -0.2) is 4.79 Å². The first kappa shape index (κ1) is 13.5. The van der Waals surface area contributed by atoms with Crippen LogP contribution in [0.4, 0.5) is 0 Å². The van der Waals surface area contributed by atoms with Crippen LogP contribution in [-0.2, 0) is 16.1 Å². The van der Waals surface area contributed by atoms with Crippen LogP contribution < -0.4 is 0 Å². The lowest BCUT2D eigenvalue weighted by Gasteiger charge is -2.34. The van der Waals surface area contributed by atoms with Gasteiger partial charge in [0.15, 0.2) is 0 Å². The highest BCUT2D eigenvalue weighted by Gasteiger charge is 2.26. The molecule has 0 bridgehead atoms. The van der Waals surface area contributed by atoms with E-state index < -0.39 is 0 Å². The Morgan fingerprint density at radius 3 is 2.53 bits per heavy atom. The molecule has 0 fully saturated rings. The third kappa shape index (κ3) is 4.04.